The number of aromatic carboxylic acids is 1. The second-order valence-corrected chi connectivity index (χ2v) is 10.2. The number of aromatic nitrogens is 3. The van der Waals surface area contributed by atoms with E-state index < -0.39 is 17.7 Å². The van der Waals surface area contributed by atoms with Gasteiger partial charge in [0.15, 0.2) is 0 Å². The number of ether oxygens (including phenoxy) is 1. The first-order valence-electron chi connectivity index (χ1n) is 12.6. The molecule has 6 rings (SSSR count). The zero-order chi connectivity index (χ0) is 25.7. The Morgan fingerprint density at radius 2 is 1.73 bits per heavy atom. The quantitative estimate of drug-likeness (QED) is 0.417. The maximum absolute atomic E-state index is 13.8. The van der Waals surface area contributed by atoms with Crippen LogP contribution in [0.1, 0.15) is 71.6 Å². The molecule has 7 nitrogen and oxygen atoms in total. The third-order valence-electron chi connectivity index (χ3n) is 7.80. The van der Waals surface area contributed by atoms with Gasteiger partial charge in [-0.15, -0.1) is 0 Å². The molecule has 2 atom stereocenters. The van der Waals surface area contributed by atoms with Gasteiger partial charge in [0.25, 0.3) is 0 Å². The number of hydrogen-bond donors (Lipinski definition) is 2. The van der Waals surface area contributed by atoms with Gasteiger partial charge in [-0.3, -0.25) is 0 Å². The molecule has 2 aromatic heterocycles. The summed E-state index contributed by atoms with van der Waals surface area (Å²) in [5.41, 5.74) is 1.95. The smallest absolute Gasteiger partial charge is 0.417 e. The van der Waals surface area contributed by atoms with Crippen LogP contribution in [0.2, 0.25) is 0 Å². The van der Waals surface area contributed by atoms with Gasteiger partial charge in [0.1, 0.15) is 0 Å². The van der Waals surface area contributed by atoms with Crippen LogP contribution in [0, 0.1) is 0 Å². The van der Waals surface area contributed by atoms with Gasteiger partial charge in [0.05, 0.1) is 23.8 Å². The molecule has 2 unspecified atom stereocenters. The monoisotopic (exact) mass is 512 g/mol. The summed E-state index contributed by atoms with van der Waals surface area (Å²) >= 11 is 0. The van der Waals surface area contributed by atoms with E-state index in [2.05, 4.69) is 19.9 Å². The largest absolute Gasteiger partial charge is 0.478 e. The molecule has 0 spiro atoms. The van der Waals surface area contributed by atoms with Gasteiger partial charge in [-0.25, -0.2) is 14.8 Å². The fourth-order valence-electron chi connectivity index (χ4n) is 5.92. The van der Waals surface area contributed by atoms with E-state index >= 15 is 0 Å². The third kappa shape index (κ3) is 4.58. The minimum atomic E-state index is -4.44. The van der Waals surface area contributed by atoms with Crippen molar-refractivity contribution in [2.45, 2.75) is 75.4 Å². The second-order valence-electron chi connectivity index (χ2n) is 10.2. The molecule has 1 aliphatic carbocycles. The summed E-state index contributed by atoms with van der Waals surface area (Å²) in [4.78, 5) is 25.1. The molecule has 2 saturated heterocycles. The fraction of sp³-hybridized carbons (Fsp3) is 0.444. The summed E-state index contributed by atoms with van der Waals surface area (Å²) in [6.07, 6.45) is 5.40. The number of halogens is 3. The number of carboxylic acid groups (broad SMARTS) is 1. The van der Waals surface area contributed by atoms with Gasteiger partial charge in [0, 0.05) is 47.5 Å². The van der Waals surface area contributed by atoms with Crippen LogP contribution in [0.5, 0.6) is 0 Å². The van der Waals surface area contributed by atoms with Gasteiger partial charge in [0.2, 0.25) is 5.95 Å². The van der Waals surface area contributed by atoms with Crippen molar-refractivity contribution in [2.24, 2.45) is 0 Å². The molecule has 3 aromatic rings. The second kappa shape index (κ2) is 9.16. The average molecular weight is 513 g/mol. The molecule has 2 aliphatic heterocycles. The predicted molar refractivity (Wildman–Crippen MR) is 129 cm³/mol. The van der Waals surface area contributed by atoms with Crippen LogP contribution in [-0.2, 0) is 17.5 Å². The number of carboxylic acids is 1. The van der Waals surface area contributed by atoms with E-state index in [1.807, 2.05) is 0 Å². The summed E-state index contributed by atoms with van der Waals surface area (Å²) in [6.45, 7) is 0.255. The molecule has 10 heteroatoms. The highest BCUT2D eigenvalue weighted by atomic mass is 19.4. The molecule has 3 aliphatic rings. The molecule has 2 N–H and O–H groups in total. The number of nitrogens with zero attached hydrogens (tertiary/aromatic N) is 3. The third-order valence-corrected chi connectivity index (χ3v) is 7.80. The van der Waals surface area contributed by atoms with E-state index in [1.165, 1.54) is 24.5 Å². The Balaban J connectivity index is 1.20. The van der Waals surface area contributed by atoms with Crippen molar-refractivity contribution in [3.63, 3.8) is 0 Å². The van der Waals surface area contributed by atoms with Crippen molar-refractivity contribution in [2.75, 3.05) is 4.90 Å². The number of anilines is 1. The molecular weight excluding hydrogens is 485 g/mol. The van der Waals surface area contributed by atoms with Crippen LogP contribution in [-0.4, -0.2) is 44.2 Å². The Morgan fingerprint density at radius 3 is 2.35 bits per heavy atom. The van der Waals surface area contributed by atoms with Crippen molar-refractivity contribution < 1.29 is 27.8 Å². The summed E-state index contributed by atoms with van der Waals surface area (Å²) in [7, 11) is 0. The number of aromatic amines is 1. The molecule has 1 saturated carbocycles. The zero-order valence-electron chi connectivity index (χ0n) is 20.0. The van der Waals surface area contributed by atoms with E-state index in [4.69, 9.17) is 9.84 Å². The first kappa shape index (κ1) is 24.0. The Hall–Kier alpha value is -3.40. The minimum Gasteiger partial charge on any atom is -0.478 e. The number of H-pyrrole nitrogens is 1. The van der Waals surface area contributed by atoms with Crippen molar-refractivity contribution in [3.8, 4) is 11.1 Å². The highest BCUT2D eigenvalue weighted by molar-refractivity contribution is 5.86. The molecule has 3 fully saturated rings. The molecule has 194 valence electrons. The van der Waals surface area contributed by atoms with Crippen LogP contribution in [0.25, 0.3) is 11.1 Å². The number of fused-ring (bicyclic) bond motifs is 2. The fourth-order valence-corrected chi connectivity index (χ4v) is 5.92. The molecule has 1 aromatic carbocycles. The predicted octanol–water partition coefficient (Wildman–Crippen LogP) is 5.78. The first-order valence-corrected chi connectivity index (χ1v) is 12.6. The summed E-state index contributed by atoms with van der Waals surface area (Å²) in [5.74, 6) is -0.188. The SMILES string of the molecule is O=C(O)c1cnc(N2C3CCC2CC(OCc2c(-c4ccccc4C(F)(F)F)c[nH]c2C2CC2)C3)nc1. The van der Waals surface area contributed by atoms with Crippen molar-refractivity contribution >= 4 is 11.9 Å². The van der Waals surface area contributed by atoms with E-state index in [9.17, 15) is 18.0 Å². The molecule has 0 radical (unpaired) electrons. The molecule has 4 heterocycles. The number of piperidine rings is 1. The highest BCUT2D eigenvalue weighted by Crippen LogP contribution is 2.46. The van der Waals surface area contributed by atoms with Crippen LogP contribution in [0.3, 0.4) is 0 Å². The minimum absolute atomic E-state index is 0.0281. The number of alkyl halides is 3. The first-order chi connectivity index (χ1) is 17.8. The Labute approximate surface area is 211 Å². The van der Waals surface area contributed by atoms with E-state index in [1.54, 1.807) is 12.3 Å². The summed E-state index contributed by atoms with van der Waals surface area (Å²) in [6, 6.07) is 6.07. The van der Waals surface area contributed by atoms with Crippen LogP contribution in [0.4, 0.5) is 19.1 Å². The topological polar surface area (TPSA) is 91.3 Å². The number of benzene rings is 1. The van der Waals surface area contributed by atoms with Crippen LogP contribution >= 0.6 is 0 Å². The van der Waals surface area contributed by atoms with E-state index in [-0.39, 0.29) is 35.9 Å². The Morgan fingerprint density at radius 1 is 1.05 bits per heavy atom. The van der Waals surface area contributed by atoms with Crippen LogP contribution in [0.15, 0.2) is 42.9 Å². The van der Waals surface area contributed by atoms with E-state index in [0.29, 0.717) is 17.4 Å². The molecule has 37 heavy (non-hydrogen) atoms. The number of hydrogen-bond acceptors (Lipinski definition) is 5. The standard InChI is InChI=1S/C27H27F3N4O3/c28-27(29,30)23-4-2-1-3-20(23)21-13-31-24(15-5-6-15)22(21)14-37-19-9-17-7-8-18(10-19)34(17)26-32-11-16(12-33-26)25(35)36/h1-4,11-13,15,17-19,31H,5-10,14H2,(H,35,36). The Kier molecular flexibility index (Phi) is 5.94. The lowest BCUT2D eigenvalue weighted by Crippen LogP contribution is -2.46. The summed E-state index contributed by atoms with van der Waals surface area (Å²) < 4.78 is 47.7. The molecule has 0 amide bonds. The average Bonchev–Trinajstić information content (AvgIpc) is 3.58. The number of nitrogens with one attached hydrogen (secondary N) is 1. The lowest BCUT2D eigenvalue weighted by molar-refractivity contribution is -0.137. The van der Waals surface area contributed by atoms with Gasteiger partial charge in [-0.05, 0) is 56.1 Å². The highest BCUT2D eigenvalue weighted by Gasteiger charge is 2.43. The van der Waals surface area contributed by atoms with Gasteiger partial charge in [-0.2, -0.15) is 13.2 Å². The molecular formula is C27H27F3N4O3. The number of rotatable bonds is 7. The lowest BCUT2D eigenvalue weighted by atomic mass is 9.96. The normalized spacial score (nSPS) is 23.4. The Bertz CT molecular complexity index is 1290. The lowest BCUT2D eigenvalue weighted by Gasteiger charge is -2.38. The van der Waals surface area contributed by atoms with Gasteiger partial charge < -0.3 is 19.7 Å². The molecule has 2 bridgehead atoms. The van der Waals surface area contributed by atoms with Crippen molar-refractivity contribution in [1.82, 2.24) is 15.0 Å². The van der Waals surface area contributed by atoms with Gasteiger partial charge in [-0.1, -0.05) is 18.2 Å². The number of carbonyl (C=O) groups is 1. The zero-order valence-corrected chi connectivity index (χ0v) is 20.0. The van der Waals surface area contributed by atoms with Crippen molar-refractivity contribution in [1.29, 1.82) is 0 Å². The summed E-state index contributed by atoms with van der Waals surface area (Å²) in [5, 5.41) is 9.11. The van der Waals surface area contributed by atoms with Gasteiger partial charge >= 0.3 is 12.1 Å². The van der Waals surface area contributed by atoms with Crippen LogP contribution < -0.4 is 4.90 Å². The maximum Gasteiger partial charge on any atom is 0.417 e. The van der Waals surface area contributed by atoms with Crippen molar-refractivity contribution in [3.05, 3.63) is 65.2 Å². The maximum atomic E-state index is 13.8. The van der Waals surface area contributed by atoms with E-state index in [0.717, 1.165) is 55.8 Å².